The summed E-state index contributed by atoms with van der Waals surface area (Å²) in [6.45, 7) is 21.3. The van der Waals surface area contributed by atoms with Crippen LogP contribution in [0.2, 0.25) is 0 Å². The number of piperidine rings is 2. The molecule has 0 bridgehead atoms. The zero-order chi connectivity index (χ0) is 92.3. The van der Waals surface area contributed by atoms with Crippen molar-refractivity contribution in [2.75, 3.05) is 122 Å². The molecule has 33 heteroatoms. The SMILES string of the molecule is CC(=O)Cl.CC(=O)Nc1ccc(N2CN(C)C(=O)C23CCCCC3)cc1.CC(=O)Nc1ccc(N2CN(C)C(=O)C23CCNCC3)cc1.CCc1ccc(F)c(C(=O)N[C@@H](C(=O)N2CCC3(CC2)C(=O)N(C)CN3c2ccc(NC(C)=O)cc2)C(C)C)c1.CCc1ccc(F)c(C(=O)N[C@@H](C(=O)O)C(C)C)c1.CN1CN(c2ccc(N)cc2)C2(CCCCC2)C1=O.Cl. The number of nitrogens with one attached hydrogen (secondary N) is 6. The molecular weight excluding hydrogens is 1670 g/mol. The zero-order valence-corrected chi connectivity index (χ0v) is 77.0. The Balaban J connectivity index is 0.000000200. The molecule has 688 valence electrons. The number of carboxylic acids is 1. The molecular formula is C94H126Cl2F2N16O13. The minimum absolute atomic E-state index is 0. The van der Waals surface area contributed by atoms with E-state index >= 15 is 0 Å². The number of carboxylic acid groups (broad SMARTS) is 1. The topological polar surface area (TPSA) is 352 Å². The third-order valence-electron chi connectivity index (χ3n) is 24.7. The number of benzene rings is 6. The van der Waals surface area contributed by atoms with Crippen LogP contribution < -0.4 is 57.2 Å². The maximum Gasteiger partial charge on any atom is 0.326 e. The first-order valence-corrected chi connectivity index (χ1v) is 43.8. The Morgan fingerprint density at radius 2 is 0.724 bits per heavy atom. The van der Waals surface area contributed by atoms with Crippen molar-refractivity contribution in [2.24, 2.45) is 11.8 Å². The van der Waals surface area contributed by atoms with Gasteiger partial charge in [-0.2, -0.15) is 0 Å². The quantitative estimate of drug-likeness (QED) is 0.0311. The van der Waals surface area contributed by atoms with Crippen LogP contribution in [0.15, 0.2) is 133 Å². The van der Waals surface area contributed by atoms with Crippen LogP contribution in [0.4, 0.5) is 54.3 Å². The first-order valence-electron chi connectivity index (χ1n) is 43.4. The van der Waals surface area contributed by atoms with Crippen LogP contribution in [0.5, 0.6) is 0 Å². The first-order chi connectivity index (χ1) is 59.7. The summed E-state index contributed by atoms with van der Waals surface area (Å²) in [5.41, 5.74) is 12.4. The molecule has 6 saturated heterocycles. The lowest BCUT2D eigenvalue weighted by Gasteiger charge is -2.44. The van der Waals surface area contributed by atoms with Gasteiger partial charge in [-0.3, -0.25) is 52.7 Å². The van der Waals surface area contributed by atoms with E-state index in [-0.39, 0.29) is 98.9 Å². The van der Waals surface area contributed by atoms with E-state index in [0.29, 0.717) is 71.1 Å². The summed E-state index contributed by atoms with van der Waals surface area (Å²) in [7, 11) is 7.41. The highest BCUT2D eigenvalue weighted by molar-refractivity contribution is 6.62. The minimum Gasteiger partial charge on any atom is -0.480 e. The van der Waals surface area contributed by atoms with Crippen molar-refractivity contribution in [3.8, 4) is 0 Å². The van der Waals surface area contributed by atoms with E-state index in [2.05, 4.69) is 63.1 Å². The third kappa shape index (κ3) is 24.3. The van der Waals surface area contributed by atoms with Gasteiger partial charge in [-0.25, -0.2) is 13.6 Å². The van der Waals surface area contributed by atoms with Crippen LogP contribution in [0, 0.1) is 23.5 Å². The summed E-state index contributed by atoms with van der Waals surface area (Å²) in [6.07, 6.45) is 14.6. The van der Waals surface area contributed by atoms with Gasteiger partial charge in [0.25, 0.3) is 11.8 Å². The Morgan fingerprint density at radius 1 is 0.441 bits per heavy atom. The van der Waals surface area contributed by atoms with Crippen LogP contribution in [-0.4, -0.2) is 215 Å². The number of aryl methyl sites for hydroxylation is 2. The number of aliphatic carboxylic acids is 1. The predicted octanol–water partition coefficient (Wildman–Crippen LogP) is 12.6. The van der Waals surface area contributed by atoms with E-state index in [1.165, 1.54) is 64.8 Å². The van der Waals surface area contributed by atoms with Gasteiger partial charge < -0.3 is 86.8 Å². The van der Waals surface area contributed by atoms with Crippen LogP contribution >= 0.6 is 24.0 Å². The van der Waals surface area contributed by atoms with Crippen molar-refractivity contribution in [3.63, 3.8) is 0 Å². The predicted molar refractivity (Wildman–Crippen MR) is 494 cm³/mol. The standard InChI is InChI=1S/C30H38FN5O4.C17H23N3O2.C16H22N4O2.C15H21N3O.C14H18FNO3.C2H3ClO.ClH/c1-6-21-7-12-25(31)24(17-21)27(38)33-26(19(2)3)28(39)35-15-13-30(14-16-35)29(40)34(5)18-36(30)23-10-8-22(9-11-23)32-20(4)37;1-13(21)18-14-6-8-15(9-7-14)20-12-19(2)16(22)17(20)10-4-3-5-11-17;1-12(21)18-13-3-5-14(6-4-13)20-11-19(2)15(22)16(20)7-9-17-10-8-16;1-17-11-18(13-7-5-12(16)6-8-13)15(14(17)19)9-3-2-4-10-15;1-4-9-5-6-11(15)10(7-9)13(17)16-12(8(2)3)14(18)19;1-2(3)4;/h7-12,17,19,26H,6,13-16,18H2,1-5H3,(H,32,37)(H,33,38);6-9H,3-5,10-12H2,1-2H3,(H,18,21);3-6,17H,7-11H2,1-2H3,(H,18,21);5-8H,2-4,9-11,16H2,1H3;5-8,12H,4H2,1-3H3,(H,16,17)(H,18,19);1H3;1H/t26-;;;;12-;;/m1...1../s1. The molecule has 9 N–H and O–H groups in total. The van der Waals surface area contributed by atoms with E-state index in [0.717, 1.165) is 128 Å². The van der Waals surface area contributed by atoms with Crippen molar-refractivity contribution < 1.29 is 71.4 Å². The molecule has 4 spiro atoms. The molecule has 6 aromatic carbocycles. The molecule has 14 rings (SSSR count). The molecule has 6 heterocycles. The molecule has 8 fully saturated rings. The van der Waals surface area contributed by atoms with Gasteiger partial charge in [0.15, 0.2) is 0 Å². The van der Waals surface area contributed by atoms with Crippen molar-refractivity contribution in [1.29, 1.82) is 0 Å². The Bertz CT molecular complexity index is 4760. The van der Waals surface area contributed by atoms with Gasteiger partial charge in [0, 0.05) is 114 Å². The lowest BCUT2D eigenvalue weighted by molar-refractivity contribution is -0.140. The number of likely N-dealkylation sites (tertiary alicyclic amines) is 1. The van der Waals surface area contributed by atoms with Crippen LogP contribution in [0.3, 0.4) is 0 Å². The normalized spacial score (nSPS) is 18.0. The number of carbonyl (C=O) groups excluding carboxylic acids is 11. The van der Waals surface area contributed by atoms with E-state index in [1.54, 1.807) is 59.9 Å². The van der Waals surface area contributed by atoms with Crippen LogP contribution in [-0.2, 0) is 60.8 Å². The number of anilines is 8. The summed E-state index contributed by atoms with van der Waals surface area (Å²) in [5, 5.41) is 25.4. The largest absolute Gasteiger partial charge is 0.480 e. The van der Waals surface area contributed by atoms with Gasteiger partial charge in [0.05, 0.1) is 37.8 Å². The first kappa shape index (κ1) is 101. The molecule has 6 aliphatic heterocycles. The van der Waals surface area contributed by atoms with Gasteiger partial charge in [-0.05, 0) is 233 Å². The molecule has 29 nitrogen and oxygen atoms in total. The monoisotopic (exact) mass is 1790 g/mol. The van der Waals surface area contributed by atoms with Gasteiger partial charge in [-0.15, -0.1) is 12.4 Å². The fourth-order valence-electron chi connectivity index (χ4n) is 18.0. The molecule has 0 aromatic heterocycles. The lowest BCUT2D eigenvalue weighted by Crippen LogP contribution is -2.60. The number of nitrogens with two attached hydrogens (primary N) is 1. The molecule has 10 amide bonds. The van der Waals surface area contributed by atoms with Crippen molar-refractivity contribution >= 4 is 140 Å². The van der Waals surface area contributed by atoms with Crippen molar-refractivity contribution in [3.05, 3.63) is 167 Å². The second-order valence-corrected chi connectivity index (χ2v) is 35.0. The van der Waals surface area contributed by atoms with Gasteiger partial charge in [0.2, 0.25) is 52.5 Å². The number of rotatable bonds is 17. The van der Waals surface area contributed by atoms with Crippen LogP contribution in [0.1, 0.15) is 191 Å². The Kier molecular flexibility index (Phi) is 35.6. The highest BCUT2D eigenvalue weighted by Gasteiger charge is 2.56. The molecule has 8 aliphatic rings. The van der Waals surface area contributed by atoms with Crippen molar-refractivity contribution in [1.82, 2.24) is 40.4 Å². The number of halogens is 4. The molecule has 2 saturated carbocycles. The third-order valence-corrected chi connectivity index (χ3v) is 24.7. The summed E-state index contributed by atoms with van der Waals surface area (Å²) in [4.78, 5) is 161. The van der Waals surface area contributed by atoms with Gasteiger partial charge in [0.1, 0.15) is 45.9 Å². The zero-order valence-electron chi connectivity index (χ0n) is 75.5. The number of carbonyl (C=O) groups is 12. The van der Waals surface area contributed by atoms with Crippen LogP contribution in [0.25, 0.3) is 0 Å². The maximum atomic E-state index is 14.4. The van der Waals surface area contributed by atoms with E-state index in [9.17, 15) is 66.3 Å². The Labute approximate surface area is 755 Å². The molecule has 6 aromatic rings. The molecule has 2 atom stereocenters. The fourth-order valence-corrected chi connectivity index (χ4v) is 18.0. The highest BCUT2D eigenvalue weighted by atomic mass is 35.5. The number of nitrogen functional groups attached to an aromatic ring is 1. The Hall–Kier alpha value is -11.4. The number of amides is 10. The average Bonchev–Trinajstić information content (AvgIpc) is 1.61. The summed E-state index contributed by atoms with van der Waals surface area (Å²) in [5.74, 6) is -4.04. The minimum atomic E-state index is -1.13. The van der Waals surface area contributed by atoms with Gasteiger partial charge in [-0.1, -0.05) is 92.2 Å². The van der Waals surface area contributed by atoms with E-state index in [1.807, 2.05) is 144 Å². The smallest absolute Gasteiger partial charge is 0.326 e. The number of hydrogen-bond acceptors (Lipinski definition) is 18. The molecule has 2 aliphatic carbocycles. The lowest BCUT2D eigenvalue weighted by atomic mass is 9.80. The molecule has 0 unspecified atom stereocenters. The van der Waals surface area contributed by atoms with Gasteiger partial charge >= 0.3 is 5.97 Å². The van der Waals surface area contributed by atoms with E-state index < -0.39 is 52.6 Å². The molecule has 127 heavy (non-hydrogen) atoms. The van der Waals surface area contributed by atoms with Crippen molar-refractivity contribution in [2.45, 2.75) is 206 Å². The number of nitrogens with zero attached hydrogens (tertiary/aromatic N) is 9. The number of hydrogen-bond donors (Lipinski definition) is 8. The second-order valence-electron chi connectivity index (χ2n) is 34.4. The second kappa shape index (κ2) is 44.8. The maximum absolute atomic E-state index is 14.4. The average molecular weight is 1800 g/mol. The summed E-state index contributed by atoms with van der Waals surface area (Å²) in [6, 6.07) is 37.6. The fraction of sp³-hybridized carbons (Fsp3) is 0.489. The highest BCUT2D eigenvalue weighted by Crippen LogP contribution is 2.45. The van der Waals surface area contributed by atoms with E-state index in [4.69, 9.17) is 10.8 Å². The summed E-state index contributed by atoms with van der Waals surface area (Å²) >= 11 is 4.64. The number of likely N-dealkylation sites (N-methyl/N-ethyl adjacent to an activating group) is 4. The Morgan fingerprint density at radius 3 is 1.01 bits per heavy atom. The molecule has 0 radical (unpaired) electrons. The summed E-state index contributed by atoms with van der Waals surface area (Å²) < 4.78 is 28.0.